The van der Waals surface area contributed by atoms with Gasteiger partial charge in [-0.25, -0.2) is 4.98 Å². The van der Waals surface area contributed by atoms with Gasteiger partial charge in [-0.2, -0.15) is 0 Å². The Morgan fingerprint density at radius 2 is 1.09 bits per heavy atom. The number of imidazole rings is 1. The fourth-order valence-corrected chi connectivity index (χ4v) is 7.45. The molecule has 2 aromatic rings. The number of aromatic nitrogens is 2. The van der Waals surface area contributed by atoms with E-state index in [-0.39, 0.29) is 69.0 Å². The lowest BCUT2D eigenvalue weighted by molar-refractivity contribution is -0.139. The van der Waals surface area contributed by atoms with Gasteiger partial charge in [0.05, 0.1) is 43.4 Å². The van der Waals surface area contributed by atoms with Gasteiger partial charge >= 0.3 is 5.97 Å². The van der Waals surface area contributed by atoms with Crippen molar-refractivity contribution in [3.63, 3.8) is 0 Å². The Morgan fingerprint density at radius 1 is 0.605 bits per heavy atom. The summed E-state index contributed by atoms with van der Waals surface area (Å²) in [5, 5.41) is 91.3. The number of carbonyl (C=O) groups excluding carboxylic acids is 9. The Morgan fingerprint density at radius 3 is 1.60 bits per heavy atom. The normalized spacial score (nSPS) is 15.0. The molecule has 0 bridgehead atoms. The fraction of sp³-hybridized carbons (Fsp3) is 0.562. The minimum Gasteiger partial charge on any atom is -0.508 e. The Kier molecular flexibility index (Phi) is 29.6. The molecule has 0 aliphatic carbocycles. The Hall–Kier alpha value is -8.69. The van der Waals surface area contributed by atoms with E-state index in [2.05, 4.69) is 63.1 Å². The molecule has 0 radical (unpaired) electrons. The van der Waals surface area contributed by atoms with Crippen molar-refractivity contribution in [2.45, 2.75) is 133 Å². The number of aliphatic carboxylic acids is 1. The number of nitrogens with one attached hydrogen (secondary N) is 14. The van der Waals surface area contributed by atoms with Crippen molar-refractivity contribution in [1.29, 1.82) is 10.8 Å². The van der Waals surface area contributed by atoms with Crippen LogP contribution in [0.2, 0.25) is 0 Å². The van der Waals surface area contributed by atoms with Crippen molar-refractivity contribution in [2.75, 3.05) is 32.8 Å². The van der Waals surface area contributed by atoms with Gasteiger partial charge in [0.25, 0.3) is 0 Å². The molecule has 81 heavy (non-hydrogen) atoms. The van der Waals surface area contributed by atoms with E-state index < -0.39 is 151 Å². The highest BCUT2D eigenvalue weighted by atomic mass is 16.4. The number of hydrogen-bond donors (Lipinski definition) is 22. The molecule has 11 atom stereocenters. The number of amides is 9. The molecule has 0 unspecified atom stereocenters. The summed E-state index contributed by atoms with van der Waals surface area (Å²) in [6.45, 7) is 3.35. The number of aliphatic hydroxyl groups is 3. The molecule has 33 nitrogen and oxygen atoms in total. The third-order valence-electron chi connectivity index (χ3n) is 12.2. The summed E-state index contributed by atoms with van der Waals surface area (Å²) in [5.41, 5.74) is 17.1. The van der Waals surface area contributed by atoms with E-state index in [1.807, 2.05) is 5.32 Å². The number of phenols is 1. The van der Waals surface area contributed by atoms with Crippen molar-refractivity contribution in [3.05, 3.63) is 48.0 Å². The first-order chi connectivity index (χ1) is 38.2. The zero-order chi connectivity index (χ0) is 60.9. The van der Waals surface area contributed by atoms with Crippen LogP contribution in [0.1, 0.15) is 71.1 Å². The van der Waals surface area contributed by atoms with Gasteiger partial charge in [-0.15, -0.1) is 0 Å². The maximum absolute atomic E-state index is 14.4. The number of phenolic OH excluding ortho intramolecular Hbond substituents is 1. The van der Waals surface area contributed by atoms with Crippen molar-refractivity contribution >= 4 is 71.1 Å². The Bertz CT molecular complexity index is 2450. The van der Waals surface area contributed by atoms with Crippen LogP contribution < -0.4 is 75.7 Å². The molecule has 0 spiro atoms. The molecule has 0 saturated heterocycles. The summed E-state index contributed by atoms with van der Waals surface area (Å²) in [4.78, 5) is 140. The second-order valence-electron chi connectivity index (χ2n) is 18.8. The summed E-state index contributed by atoms with van der Waals surface area (Å²) >= 11 is 0. The summed E-state index contributed by atoms with van der Waals surface area (Å²) in [6.07, 6.45) is -0.647. The number of nitrogens with two attached hydrogens (primary N) is 3. The highest BCUT2D eigenvalue weighted by Crippen LogP contribution is 2.15. The number of H-pyrrole nitrogens is 1. The van der Waals surface area contributed by atoms with Gasteiger partial charge < -0.3 is 106 Å². The minimum absolute atomic E-state index is 0.00590. The number of aromatic hydroxyl groups is 1. The van der Waals surface area contributed by atoms with Gasteiger partial charge in [-0.3, -0.25) is 58.8 Å². The third-order valence-corrected chi connectivity index (χ3v) is 12.2. The van der Waals surface area contributed by atoms with Gasteiger partial charge in [-0.1, -0.05) is 32.4 Å². The van der Waals surface area contributed by atoms with Gasteiger partial charge in [0.2, 0.25) is 53.2 Å². The summed E-state index contributed by atoms with van der Waals surface area (Å²) in [7, 11) is 0. The lowest BCUT2D eigenvalue weighted by Gasteiger charge is -2.30. The molecule has 33 heteroatoms. The summed E-state index contributed by atoms with van der Waals surface area (Å²) in [6, 6.07) is -6.96. The van der Waals surface area contributed by atoms with E-state index in [4.69, 9.17) is 33.1 Å². The second-order valence-corrected chi connectivity index (χ2v) is 18.8. The summed E-state index contributed by atoms with van der Waals surface area (Å²) in [5.74, 6) is -11.9. The molecule has 0 saturated carbocycles. The number of carboxylic acid groups (broad SMARTS) is 1. The van der Waals surface area contributed by atoms with Crippen molar-refractivity contribution < 1.29 is 73.5 Å². The molecule has 9 amide bonds. The standard InChI is InChI=1S/C48H78N18O15/c1-5-23(2)36(44(79)61-31(16-26-10-12-28(70)13-11-26)42(77)63-33(21-67)40(75)58-20-35(72)73)65-43(78)32(17-27-18-54-22-59-27)62-46(81)38(25(4)69)66-41(76)30(9-7-15-56-48(52)53)60-45(80)37(24(3)68)64-34(71)19-57-39(74)29(49)8-6-14-55-47(50)51/h10-13,18,22-25,29-33,36-38,67-70H,5-9,14-17,19-21,49H2,1-4H3,(H,54,59)(H,57,74)(H,58,75)(H,60,80)(H,61,79)(H,62,81)(H,63,77)(H,64,71)(H,65,78)(H,66,76)(H,72,73)(H4,50,51,55)(H4,52,53,56)/t23-,24+,25+,29-,30-,31-,32-,33-,36-,37-,38-/m0/s1. The zero-order valence-electron chi connectivity index (χ0n) is 45.3. The quantitative estimate of drug-likeness (QED) is 0.0171. The number of aliphatic hydroxyl groups excluding tert-OH is 3. The molecule has 0 fully saturated rings. The largest absolute Gasteiger partial charge is 0.508 e. The Labute approximate surface area is 465 Å². The van der Waals surface area contributed by atoms with Crippen molar-refractivity contribution in [2.24, 2.45) is 23.1 Å². The zero-order valence-corrected chi connectivity index (χ0v) is 45.3. The van der Waals surface area contributed by atoms with E-state index in [1.165, 1.54) is 36.8 Å². The van der Waals surface area contributed by atoms with E-state index in [1.54, 1.807) is 13.8 Å². The van der Waals surface area contributed by atoms with Crippen LogP contribution in [0.5, 0.6) is 5.75 Å². The molecule has 25 N–H and O–H groups in total. The van der Waals surface area contributed by atoms with Crippen LogP contribution >= 0.6 is 0 Å². The van der Waals surface area contributed by atoms with Gasteiger partial charge in [-0.05, 0) is 63.1 Å². The highest BCUT2D eigenvalue weighted by molar-refractivity contribution is 5.98. The van der Waals surface area contributed by atoms with Crippen LogP contribution in [-0.2, 0) is 60.8 Å². The molecule has 1 aromatic carbocycles. The number of nitrogens with zero attached hydrogens (tertiary/aromatic N) is 1. The van der Waals surface area contributed by atoms with Crippen LogP contribution in [0.15, 0.2) is 36.8 Å². The first-order valence-corrected chi connectivity index (χ1v) is 25.7. The predicted molar refractivity (Wildman–Crippen MR) is 287 cm³/mol. The SMILES string of the molecule is CC[C@H](C)[C@H](NC(=O)[C@H](Cc1c[nH]cn1)NC(=O)[C@@H](NC(=O)[C@H](CCCNC(=N)N)NC(=O)[C@@H](NC(=O)CNC(=O)[C@@H](N)CCCNC(=N)N)[C@@H](C)O)[C@@H](C)O)C(=O)N[C@@H](Cc1ccc(O)cc1)C(=O)N[C@@H](CO)C(=O)NCC(=O)O. The number of benzene rings is 1. The Balaban J connectivity index is 2.41. The van der Waals surface area contributed by atoms with Crippen molar-refractivity contribution in [3.8, 4) is 5.75 Å². The van der Waals surface area contributed by atoms with Crippen LogP contribution in [0.4, 0.5) is 0 Å². The van der Waals surface area contributed by atoms with Crippen LogP contribution in [0, 0.1) is 16.7 Å². The van der Waals surface area contributed by atoms with Crippen molar-refractivity contribution in [1.82, 2.24) is 68.5 Å². The lowest BCUT2D eigenvalue weighted by Crippen LogP contribution is -2.63. The number of rotatable bonds is 36. The van der Waals surface area contributed by atoms with Gasteiger partial charge in [0.1, 0.15) is 54.6 Å². The summed E-state index contributed by atoms with van der Waals surface area (Å²) < 4.78 is 0. The first-order valence-electron chi connectivity index (χ1n) is 25.7. The molecule has 1 aromatic heterocycles. The average Bonchev–Trinajstić information content (AvgIpc) is 3.93. The number of carboxylic acids is 1. The van der Waals surface area contributed by atoms with E-state index in [0.717, 1.165) is 13.8 Å². The first kappa shape index (κ1) is 68.4. The maximum Gasteiger partial charge on any atom is 0.322 e. The number of carbonyl (C=O) groups is 10. The predicted octanol–water partition coefficient (Wildman–Crippen LogP) is -7.74. The smallest absolute Gasteiger partial charge is 0.322 e. The van der Waals surface area contributed by atoms with Crippen LogP contribution in [0.3, 0.4) is 0 Å². The monoisotopic (exact) mass is 1150 g/mol. The minimum atomic E-state index is -1.86. The number of aromatic amines is 1. The third kappa shape index (κ3) is 25.3. The van der Waals surface area contributed by atoms with Gasteiger partial charge in [0, 0.05) is 32.1 Å². The molecule has 1 heterocycles. The number of hydrogen-bond acceptors (Lipinski definition) is 18. The maximum atomic E-state index is 14.4. The second kappa shape index (κ2) is 35.0. The molecule has 2 rings (SSSR count). The van der Waals surface area contributed by atoms with E-state index >= 15 is 0 Å². The van der Waals surface area contributed by atoms with Crippen LogP contribution in [-0.4, -0.2) is 200 Å². The molecule has 0 aliphatic rings. The molecule has 0 aliphatic heterocycles. The van der Waals surface area contributed by atoms with E-state index in [9.17, 15) is 68.4 Å². The fourth-order valence-electron chi connectivity index (χ4n) is 7.45. The molecular weight excluding hydrogens is 1070 g/mol. The molecule has 450 valence electrons. The van der Waals surface area contributed by atoms with Gasteiger partial charge in [0.15, 0.2) is 11.9 Å². The molecular formula is C48H78N18O15. The average molecular weight is 1150 g/mol. The van der Waals surface area contributed by atoms with Crippen LogP contribution in [0.25, 0.3) is 0 Å². The van der Waals surface area contributed by atoms with E-state index in [0.29, 0.717) is 12.0 Å². The number of guanidine groups is 2. The highest BCUT2D eigenvalue weighted by Gasteiger charge is 2.37. The lowest BCUT2D eigenvalue weighted by atomic mass is 9.96. The topological polar surface area (TPSA) is 559 Å².